The van der Waals surface area contributed by atoms with Crippen LogP contribution in [0.3, 0.4) is 0 Å². The van der Waals surface area contributed by atoms with Crippen LogP contribution in [0.4, 0.5) is 0 Å². The molecule has 2 aromatic rings. The van der Waals surface area contributed by atoms with E-state index in [0.29, 0.717) is 6.54 Å². The Balaban J connectivity index is 2.17. The fourth-order valence-corrected chi connectivity index (χ4v) is 1.45. The van der Waals surface area contributed by atoms with Crippen LogP contribution in [0, 0.1) is 0 Å². The third kappa shape index (κ3) is 2.78. The second-order valence-electron chi connectivity index (χ2n) is 3.50. The Bertz CT molecular complexity index is 475. The lowest BCUT2D eigenvalue weighted by atomic mass is 10.2. The molecule has 0 spiro atoms. The molecular weight excluding hydrogens is 196 g/mol. The average Bonchev–Trinajstić information content (AvgIpc) is 2.38. The highest BCUT2D eigenvalue weighted by Gasteiger charge is 1.92. The summed E-state index contributed by atoms with van der Waals surface area (Å²) >= 11 is 0. The Morgan fingerprint density at radius 2 is 1.75 bits per heavy atom. The number of hydrogen-bond acceptors (Lipinski definition) is 2. The highest BCUT2D eigenvalue weighted by Crippen LogP contribution is 2.06. The molecule has 0 saturated heterocycles. The summed E-state index contributed by atoms with van der Waals surface area (Å²) in [6, 6.07) is 16.0. The summed E-state index contributed by atoms with van der Waals surface area (Å²) in [7, 11) is 0. The zero-order chi connectivity index (χ0) is 11.2. The third-order valence-electron chi connectivity index (χ3n) is 2.28. The number of hydrogen-bond donors (Lipinski definition) is 1. The Kier molecular flexibility index (Phi) is 3.46. The van der Waals surface area contributed by atoms with Crippen LogP contribution in [0.25, 0.3) is 12.2 Å². The van der Waals surface area contributed by atoms with Crippen LogP contribution >= 0.6 is 0 Å². The fourth-order valence-electron chi connectivity index (χ4n) is 1.45. The van der Waals surface area contributed by atoms with Gasteiger partial charge in [-0.1, -0.05) is 42.5 Å². The van der Waals surface area contributed by atoms with Gasteiger partial charge in [0.2, 0.25) is 0 Å². The first kappa shape index (κ1) is 10.6. The van der Waals surface area contributed by atoms with Gasteiger partial charge < -0.3 is 5.73 Å². The average molecular weight is 210 g/mol. The Hall–Kier alpha value is -1.93. The van der Waals surface area contributed by atoms with Crippen molar-refractivity contribution in [3.63, 3.8) is 0 Å². The number of nitrogens with two attached hydrogens (primary N) is 1. The standard InChI is InChI=1S/C14H14N2/c15-11-14-8-4-7-13(16-14)10-9-12-5-2-1-3-6-12/h1-10H,11,15H2. The van der Waals surface area contributed by atoms with Gasteiger partial charge in [-0.3, -0.25) is 4.98 Å². The molecule has 2 rings (SSSR count). The molecule has 0 bridgehead atoms. The van der Waals surface area contributed by atoms with Crippen molar-refractivity contribution < 1.29 is 0 Å². The van der Waals surface area contributed by atoms with Crippen molar-refractivity contribution >= 4 is 12.2 Å². The minimum absolute atomic E-state index is 0.479. The molecule has 2 N–H and O–H groups in total. The SMILES string of the molecule is NCc1cccc(C=Cc2ccccc2)n1. The Morgan fingerprint density at radius 3 is 2.50 bits per heavy atom. The van der Waals surface area contributed by atoms with Gasteiger partial charge in [-0.25, -0.2) is 0 Å². The summed E-state index contributed by atoms with van der Waals surface area (Å²) in [6.07, 6.45) is 4.04. The van der Waals surface area contributed by atoms with Gasteiger partial charge in [0, 0.05) is 6.54 Å². The molecule has 0 saturated carbocycles. The summed E-state index contributed by atoms with van der Waals surface area (Å²) in [4.78, 5) is 4.39. The van der Waals surface area contributed by atoms with E-state index in [1.54, 1.807) is 0 Å². The van der Waals surface area contributed by atoms with Crippen LogP contribution in [0.1, 0.15) is 17.0 Å². The molecule has 0 atom stereocenters. The number of aromatic nitrogens is 1. The molecule has 1 aromatic heterocycles. The van der Waals surface area contributed by atoms with Gasteiger partial charge in [0.1, 0.15) is 0 Å². The van der Waals surface area contributed by atoms with E-state index in [1.807, 2.05) is 48.6 Å². The van der Waals surface area contributed by atoms with Crippen molar-refractivity contribution in [1.29, 1.82) is 0 Å². The molecule has 0 aliphatic carbocycles. The maximum atomic E-state index is 5.54. The van der Waals surface area contributed by atoms with Crippen LogP contribution in [-0.4, -0.2) is 4.98 Å². The van der Waals surface area contributed by atoms with Gasteiger partial charge in [-0.2, -0.15) is 0 Å². The number of nitrogens with zero attached hydrogens (tertiary/aromatic N) is 1. The molecule has 0 aliphatic rings. The first-order chi connectivity index (χ1) is 7.88. The minimum Gasteiger partial charge on any atom is -0.325 e. The smallest absolute Gasteiger partial charge is 0.0633 e. The Morgan fingerprint density at radius 1 is 0.938 bits per heavy atom. The first-order valence-electron chi connectivity index (χ1n) is 5.27. The number of rotatable bonds is 3. The minimum atomic E-state index is 0.479. The molecular formula is C14H14N2. The molecule has 1 aromatic carbocycles. The van der Waals surface area contributed by atoms with E-state index in [1.165, 1.54) is 5.56 Å². The summed E-state index contributed by atoms with van der Waals surface area (Å²) < 4.78 is 0. The monoisotopic (exact) mass is 210 g/mol. The van der Waals surface area contributed by atoms with Gasteiger partial charge in [0.15, 0.2) is 0 Å². The second-order valence-corrected chi connectivity index (χ2v) is 3.50. The Labute approximate surface area is 95.5 Å². The summed E-state index contributed by atoms with van der Waals surface area (Å²) in [5, 5.41) is 0. The van der Waals surface area contributed by atoms with Crippen molar-refractivity contribution in [2.45, 2.75) is 6.54 Å². The predicted molar refractivity (Wildman–Crippen MR) is 67.5 cm³/mol. The highest BCUT2D eigenvalue weighted by atomic mass is 14.7. The van der Waals surface area contributed by atoms with E-state index in [2.05, 4.69) is 17.1 Å². The lowest BCUT2D eigenvalue weighted by Crippen LogP contribution is -1.99. The third-order valence-corrected chi connectivity index (χ3v) is 2.28. The summed E-state index contributed by atoms with van der Waals surface area (Å²) in [5.74, 6) is 0. The fraction of sp³-hybridized carbons (Fsp3) is 0.0714. The molecule has 0 radical (unpaired) electrons. The molecule has 0 fully saturated rings. The van der Waals surface area contributed by atoms with Crippen LogP contribution in [0.15, 0.2) is 48.5 Å². The van der Waals surface area contributed by atoms with Gasteiger partial charge in [0.05, 0.1) is 11.4 Å². The van der Waals surface area contributed by atoms with Crippen LogP contribution < -0.4 is 5.73 Å². The van der Waals surface area contributed by atoms with E-state index in [9.17, 15) is 0 Å². The van der Waals surface area contributed by atoms with Crippen LogP contribution in [-0.2, 0) is 6.54 Å². The van der Waals surface area contributed by atoms with Gasteiger partial charge in [-0.15, -0.1) is 0 Å². The molecule has 16 heavy (non-hydrogen) atoms. The first-order valence-corrected chi connectivity index (χ1v) is 5.27. The van der Waals surface area contributed by atoms with Crippen LogP contribution in [0.5, 0.6) is 0 Å². The normalized spacial score (nSPS) is 10.8. The quantitative estimate of drug-likeness (QED) is 0.846. The zero-order valence-corrected chi connectivity index (χ0v) is 9.01. The van der Waals surface area contributed by atoms with Gasteiger partial charge in [0.25, 0.3) is 0 Å². The van der Waals surface area contributed by atoms with Crippen molar-refractivity contribution in [1.82, 2.24) is 4.98 Å². The van der Waals surface area contributed by atoms with Gasteiger partial charge >= 0.3 is 0 Å². The molecule has 0 aliphatic heterocycles. The highest BCUT2D eigenvalue weighted by molar-refractivity contribution is 5.67. The molecule has 2 heteroatoms. The van der Waals surface area contributed by atoms with E-state index in [0.717, 1.165) is 11.4 Å². The largest absolute Gasteiger partial charge is 0.325 e. The second kappa shape index (κ2) is 5.24. The van der Waals surface area contributed by atoms with E-state index in [-0.39, 0.29) is 0 Å². The maximum Gasteiger partial charge on any atom is 0.0633 e. The molecule has 2 nitrogen and oxygen atoms in total. The van der Waals surface area contributed by atoms with E-state index >= 15 is 0 Å². The summed E-state index contributed by atoms with van der Waals surface area (Å²) in [6.45, 7) is 0.479. The number of benzene rings is 1. The lowest BCUT2D eigenvalue weighted by Gasteiger charge is -1.97. The summed E-state index contributed by atoms with van der Waals surface area (Å²) in [5.41, 5.74) is 8.56. The molecule has 0 amide bonds. The molecule has 1 heterocycles. The maximum absolute atomic E-state index is 5.54. The topological polar surface area (TPSA) is 38.9 Å². The molecule has 80 valence electrons. The van der Waals surface area contributed by atoms with Gasteiger partial charge in [-0.05, 0) is 23.8 Å². The lowest BCUT2D eigenvalue weighted by molar-refractivity contribution is 0.985. The van der Waals surface area contributed by atoms with Crippen molar-refractivity contribution in [3.8, 4) is 0 Å². The van der Waals surface area contributed by atoms with Crippen molar-refractivity contribution in [2.24, 2.45) is 5.73 Å². The van der Waals surface area contributed by atoms with E-state index < -0.39 is 0 Å². The number of pyridine rings is 1. The van der Waals surface area contributed by atoms with Crippen molar-refractivity contribution in [2.75, 3.05) is 0 Å². The van der Waals surface area contributed by atoms with Crippen LogP contribution in [0.2, 0.25) is 0 Å². The predicted octanol–water partition coefficient (Wildman–Crippen LogP) is 2.71. The van der Waals surface area contributed by atoms with Crippen molar-refractivity contribution in [3.05, 3.63) is 65.5 Å². The zero-order valence-electron chi connectivity index (χ0n) is 9.01. The van der Waals surface area contributed by atoms with E-state index in [4.69, 9.17) is 5.73 Å². The molecule has 0 unspecified atom stereocenters.